The zero-order valence-electron chi connectivity index (χ0n) is 30.0. The monoisotopic (exact) mass is 619 g/mol. The number of amides is 2. The van der Waals surface area contributed by atoms with Crippen LogP contribution in [0.4, 0.5) is 0 Å². The molecule has 1 aliphatic rings. The third kappa shape index (κ3) is 22.4. The maximum Gasteiger partial charge on any atom is 0.226 e. The second-order valence-electron chi connectivity index (χ2n) is 14.4. The Bertz CT molecular complexity index is 619. The molecule has 1 fully saturated rings. The Kier molecular flexibility index (Phi) is 28.5. The van der Waals surface area contributed by atoms with Gasteiger partial charge in [0, 0.05) is 24.9 Å². The van der Waals surface area contributed by atoms with Crippen molar-refractivity contribution in [2.45, 2.75) is 219 Å². The maximum atomic E-state index is 13.7. The quantitative estimate of drug-likeness (QED) is 0.0762. The van der Waals surface area contributed by atoms with Crippen molar-refractivity contribution < 1.29 is 9.59 Å². The van der Waals surface area contributed by atoms with Crippen molar-refractivity contribution in [2.75, 3.05) is 13.1 Å². The summed E-state index contributed by atoms with van der Waals surface area (Å²) in [6, 6.07) is 0. The molecular formula is C40H78N2O2. The standard InChI is InChI=1S/C40H78N2O2/c1-3-5-7-9-11-13-15-17-19-21-23-25-27-31-35-42(40(44)38-34-30-29-33-37(38)39(41)43)36-32-28-26-24-22-20-18-16-14-12-10-8-6-4-2/h37-38H,3-36H2,1-2H3,(H2,41,43)/t37-,38-/m1/s1. The van der Waals surface area contributed by atoms with Crippen molar-refractivity contribution in [1.29, 1.82) is 0 Å². The Morgan fingerprint density at radius 3 is 1.02 bits per heavy atom. The summed E-state index contributed by atoms with van der Waals surface area (Å²) in [5, 5.41) is 0. The molecule has 0 saturated heterocycles. The van der Waals surface area contributed by atoms with E-state index in [4.69, 9.17) is 5.73 Å². The van der Waals surface area contributed by atoms with E-state index in [0.717, 1.165) is 51.6 Å². The summed E-state index contributed by atoms with van der Waals surface area (Å²) in [4.78, 5) is 27.9. The molecule has 0 heterocycles. The van der Waals surface area contributed by atoms with Gasteiger partial charge in [0.05, 0.1) is 0 Å². The molecule has 1 aliphatic carbocycles. The number of primary amides is 1. The summed E-state index contributed by atoms with van der Waals surface area (Å²) >= 11 is 0. The van der Waals surface area contributed by atoms with Gasteiger partial charge in [0.2, 0.25) is 11.8 Å². The van der Waals surface area contributed by atoms with E-state index >= 15 is 0 Å². The minimum Gasteiger partial charge on any atom is -0.369 e. The van der Waals surface area contributed by atoms with Crippen molar-refractivity contribution in [3.05, 3.63) is 0 Å². The van der Waals surface area contributed by atoms with E-state index < -0.39 is 0 Å². The fourth-order valence-corrected chi connectivity index (χ4v) is 7.33. The molecule has 2 N–H and O–H groups in total. The molecule has 260 valence electrons. The van der Waals surface area contributed by atoms with E-state index in [1.54, 1.807) is 0 Å². The highest BCUT2D eigenvalue weighted by atomic mass is 16.2. The second-order valence-corrected chi connectivity index (χ2v) is 14.4. The van der Waals surface area contributed by atoms with E-state index in [-0.39, 0.29) is 23.7 Å². The molecule has 0 radical (unpaired) electrons. The number of nitrogens with zero attached hydrogens (tertiary/aromatic N) is 1. The Morgan fingerprint density at radius 1 is 0.455 bits per heavy atom. The van der Waals surface area contributed by atoms with Crippen LogP contribution in [0.2, 0.25) is 0 Å². The molecule has 2 amide bonds. The minimum atomic E-state index is -0.268. The SMILES string of the molecule is CCCCCCCCCCCCCCCCN(CCCCCCCCCCCCCCCC)C(=O)[C@@H]1CCCC[C@H]1C(N)=O. The topological polar surface area (TPSA) is 63.4 Å². The maximum absolute atomic E-state index is 13.7. The van der Waals surface area contributed by atoms with E-state index in [1.807, 2.05) is 0 Å². The number of hydrogen-bond donors (Lipinski definition) is 1. The van der Waals surface area contributed by atoms with Gasteiger partial charge < -0.3 is 10.6 Å². The third-order valence-electron chi connectivity index (χ3n) is 10.3. The fourth-order valence-electron chi connectivity index (χ4n) is 7.33. The molecule has 4 nitrogen and oxygen atoms in total. The van der Waals surface area contributed by atoms with Gasteiger partial charge in [-0.2, -0.15) is 0 Å². The van der Waals surface area contributed by atoms with Gasteiger partial charge in [0.15, 0.2) is 0 Å². The molecule has 0 aromatic rings. The molecule has 1 saturated carbocycles. The van der Waals surface area contributed by atoms with Gasteiger partial charge in [-0.1, -0.05) is 194 Å². The summed E-state index contributed by atoms with van der Waals surface area (Å²) in [5.41, 5.74) is 5.75. The van der Waals surface area contributed by atoms with Crippen LogP contribution in [0.15, 0.2) is 0 Å². The predicted molar refractivity (Wildman–Crippen MR) is 192 cm³/mol. The zero-order chi connectivity index (χ0) is 31.9. The first-order valence-electron chi connectivity index (χ1n) is 20.2. The highest BCUT2D eigenvalue weighted by molar-refractivity contribution is 5.87. The van der Waals surface area contributed by atoms with Crippen LogP contribution < -0.4 is 5.73 Å². The number of carbonyl (C=O) groups is 2. The Balaban J connectivity index is 2.23. The lowest BCUT2D eigenvalue weighted by molar-refractivity contribution is -0.143. The smallest absolute Gasteiger partial charge is 0.226 e. The zero-order valence-corrected chi connectivity index (χ0v) is 30.0. The molecule has 0 spiro atoms. The first kappa shape index (κ1) is 41.0. The normalized spacial score (nSPS) is 16.8. The van der Waals surface area contributed by atoms with Gasteiger partial charge in [0.25, 0.3) is 0 Å². The highest BCUT2D eigenvalue weighted by Gasteiger charge is 2.36. The van der Waals surface area contributed by atoms with Gasteiger partial charge in [-0.3, -0.25) is 9.59 Å². The van der Waals surface area contributed by atoms with E-state index in [0.29, 0.717) is 0 Å². The third-order valence-corrected chi connectivity index (χ3v) is 10.3. The molecule has 1 rings (SSSR count). The second kappa shape index (κ2) is 30.6. The summed E-state index contributed by atoms with van der Waals surface area (Å²) < 4.78 is 0. The van der Waals surface area contributed by atoms with Crippen molar-refractivity contribution in [1.82, 2.24) is 4.90 Å². The Morgan fingerprint density at radius 2 is 0.727 bits per heavy atom. The molecule has 0 aromatic carbocycles. The first-order chi connectivity index (χ1) is 21.6. The first-order valence-corrected chi connectivity index (χ1v) is 20.2. The molecule has 0 unspecified atom stereocenters. The van der Waals surface area contributed by atoms with Gasteiger partial charge in [-0.05, 0) is 25.7 Å². The molecule has 0 bridgehead atoms. The number of nitrogens with two attached hydrogens (primary N) is 1. The number of rotatable bonds is 32. The average Bonchev–Trinajstić information content (AvgIpc) is 3.03. The van der Waals surface area contributed by atoms with Crippen LogP contribution >= 0.6 is 0 Å². The Labute approximate surface area is 275 Å². The lowest BCUT2D eigenvalue weighted by Crippen LogP contribution is -2.44. The van der Waals surface area contributed by atoms with E-state index in [1.165, 1.54) is 167 Å². The summed E-state index contributed by atoms with van der Waals surface area (Å²) in [7, 11) is 0. The van der Waals surface area contributed by atoms with Crippen LogP contribution in [0.3, 0.4) is 0 Å². The molecule has 0 aromatic heterocycles. The minimum absolute atomic E-state index is 0.181. The average molecular weight is 619 g/mol. The van der Waals surface area contributed by atoms with Crippen LogP contribution in [0.5, 0.6) is 0 Å². The van der Waals surface area contributed by atoms with Crippen LogP contribution in [-0.2, 0) is 9.59 Å². The predicted octanol–water partition coefficient (Wildman–Crippen LogP) is 12.1. The van der Waals surface area contributed by atoms with E-state index in [2.05, 4.69) is 18.7 Å². The van der Waals surface area contributed by atoms with Crippen LogP contribution in [0.25, 0.3) is 0 Å². The van der Waals surface area contributed by atoms with Crippen molar-refractivity contribution in [3.8, 4) is 0 Å². The lowest BCUT2D eigenvalue weighted by Gasteiger charge is -2.33. The fraction of sp³-hybridized carbons (Fsp3) is 0.950. The van der Waals surface area contributed by atoms with E-state index in [9.17, 15) is 9.59 Å². The number of unbranched alkanes of at least 4 members (excludes halogenated alkanes) is 26. The summed E-state index contributed by atoms with van der Waals surface area (Å²) in [6.45, 7) is 6.29. The summed E-state index contributed by atoms with van der Waals surface area (Å²) in [6.07, 6.45) is 41.5. The van der Waals surface area contributed by atoms with Crippen LogP contribution in [-0.4, -0.2) is 29.8 Å². The summed E-state index contributed by atoms with van der Waals surface area (Å²) in [5.74, 6) is -0.486. The van der Waals surface area contributed by atoms with Gasteiger partial charge in [-0.15, -0.1) is 0 Å². The number of carbonyl (C=O) groups excluding carboxylic acids is 2. The highest BCUT2D eigenvalue weighted by Crippen LogP contribution is 2.31. The molecule has 0 aliphatic heterocycles. The molecular weight excluding hydrogens is 540 g/mol. The van der Waals surface area contributed by atoms with Gasteiger partial charge >= 0.3 is 0 Å². The molecule has 44 heavy (non-hydrogen) atoms. The molecule has 4 heteroatoms. The van der Waals surface area contributed by atoms with Crippen molar-refractivity contribution in [2.24, 2.45) is 17.6 Å². The van der Waals surface area contributed by atoms with Crippen molar-refractivity contribution in [3.63, 3.8) is 0 Å². The Hall–Kier alpha value is -1.06. The molecule has 2 atom stereocenters. The lowest BCUT2D eigenvalue weighted by atomic mass is 9.78. The van der Waals surface area contributed by atoms with Gasteiger partial charge in [0.1, 0.15) is 0 Å². The van der Waals surface area contributed by atoms with Gasteiger partial charge in [-0.25, -0.2) is 0 Å². The van der Waals surface area contributed by atoms with Crippen molar-refractivity contribution >= 4 is 11.8 Å². The van der Waals surface area contributed by atoms with Crippen LogP contribution in [0.1, 0.15) is 219 Å². The van der Waals surface area contributed by atoms with Crippen LogP contribution in [0, 0.1) is 11.8 Å². The largest absolute Gasteiger partial charge is 0.369 e. The number of hydrogen-bond acceptors (Lipinski definition) is 2.